The van der Waals surface area contributed by atoms with E-state index in [-0.39, 0.29) is 0 Å². The summed E-state index contributed by atoms with van der Waals surface area (Å²) in [7, 11) is 0. The van der Waals surface area contributed by atoms with E-state index in [0.29, 0.717) is 0 Å². The molecule has 0 saturated heterocycles. The Morgan fingerprint density at radius 2 is 0.977 bits per heavy atom. The number of para-hydroxylation sites is 2. The number of hydrogen-bond donors (Lipinski definition) is 0. The summed E-state index contributed by atoms with van der Waals surface area (Å²) >= 11 is 0. The molecule has 0 radical (unpaired) electrons. The molecule has 2 aromatic carbocycles. The van der Waals surface area contributed by atoms with Gasteiger partial charge in [-0.1, -0.05) is 48.5 Å². The Kier molecular flexibility index (Phi) is 5.36. The molecule has 0 unspecified atom stereocenters. The number of rotatable bonds is 4. The molecule has 206 valence electrons. The smallest absolute Gasteiger partial charge is 0.116 e. The molecule has 7 heterocycles. The lowest BCUT2D eigenvalue weighted by Gasteiger charge is -2.12. The zero-order chi connectivity index (χ0) is 29.0. The van der Waals surface area contributed by atoms with E-state index in [9.17, 15) is 0 Å². The molecule has 7 nitrogen and oxygen atoms in total. The van der Waals surface area contributed by atoms with Crippen LogP contribution in [0.4, 0.5) is 0 Å². The van der Waals surface area contributed by atoms with Gasteiger partial charge in [-0.25, -0.2) is 9.97 Å². The first-order chi connectivity index (χ1) is 21.8. The molecular weight excluding hydrogens is 542 g/mol. The van der Waals surface area contributed by atoms with Crippen LogP contribution in [0.25, 0.3) is 78.2 Å². The number of nitrogens with zero attached hydrogens (tertiary/aromatic N) is 7. The van der Waals surface area contributed by atoms with Crippen LogP contribution in [-0.2, 0) is 0 Å². The van der Waals surface area contributed by atoms with Gasteiger partial charge in [0.05, 0.1) is 56.0 Å². The van der Waals surface area contributed by atoms with E-state index in [0.717, 1.165) is 78.2 Å². The normalized spacial score (nSPS) is 11.6. The summed E-state index contributed by atoms with van der Waals surface area (Å²) < 4.78 is 4.52. The van der Waals surface area contributed by atoms with Crippen molar-refractivity contribution in [2.45, 2.75) is 0 Å². The maximum absolute atomic E-state index is 5.34. The molecule has 0 aliphatic carbocycles. The lowest BCUT2D eigenvalue weighted by molar-refractivity contribution is 1.13. The highest BCUT2D eigenvalue weighted by atomic mass is 15.1. The van der Waals surface area contributed by atoms with Gasteiger partial charge in [0.15, 0.2) is 0 Å². The summed E-state index contributed by atoms with van der Waals surface area (Å²) in [6.07, 6.45) is 5.41. The van der Waals surface area contributed by atoms with Gasteiger partial charge in [-0.15, -0.1) is 0 Å². The molecule has 9 rings (SSSR count). The summed E-state index contributed by atoms with van der Waals surface area (Å²) in [6.45, 7) is 0. The van der Waals surface area contributed by atoms with Crippen molar-refractivity contribution in [2.75, 3.05) is 0 Å². The molecule has 0 spiro atoms. The first-order valence-corrected chi connectivity index (χ1v) is 14.4. The Morgan fingerprint density at radius 3 is 1.70 bits per heavy atom. The third-order valence-corrected chi connectivity index (χ3v) is 8.05. The molecule has 0 saturated carbocycles. The van der Waals surface area contributed by atoms with E-state index in [2.05, 4.69) is 91.9 Å². The highest BCUT2D eigenvalue weighted by Gasteiger charge is 2.21. The second-order valence-electron chi connectivity index (χ2n) is 10.6. The maximum atomic E-state index is 5.34. The van der Waals surface area contributed by atoms with E-state index < -0.39 is 0 Å². The van der Waals surface area contributed by atoms with Crippen molar-refractivity contribution in [3.8, 4) is 34.2 Å². The number of pyridine rings is 5. The van der Waals surface area contributed by atoms with Crippen molar-refractivity contribution in [2.24, 2.45) is 0 Å². The van der Waals surface area contributed by atoms with Crippen LogP contribution < -0.4 is 0 Å². The maximum Gasteiger partial charge on any atom is 0.116 e. The fraction of sp³-hybridized carbons (Fsp3) is 0. The molecule has 0 aliphatic heterocycles. The summed E-state index contributed by atoms with van der Waals surface area (Å²) in [4.78, 5) is 24.4. The van der Waals surface area contributed by atoms with Crippen LogP contribution in [0.1, 0.15) is 0 Å². The molecule has 0 atom stereocenters. The monoisotopic (exact) mass is 565 g/mol. The summed E-state index contributed by atoms with van der Waals surface area (Å²) in [5.74, 6) is 0. The average Bonchev–Trinajstić information content (AvgIpc) is 3.60. The van der Waals surface area contributed by atoms with E-state index in [1.165, 1.54) is 0 Å². The van der Waals surface area contributed by atoms with Crippen LogP contribution in [0, 0.1) is 0 Å². The van der Waals surface area contributed by atoms with Crippen LogP contribution >= 0.6 is 0 Å². The molecule has 0 bridgehead atoms. The molecule has 7 aromatic heterocycles. The van der Waals surface area contributed by atoms with E-state index in [1.54, 1.807) is 12.4 Å². The van der Waals surface area contributed by atoms with Gasteiger partial charge in [-0.3, -0.25) is 15.0 Å². The summed E-state index contributed by atoms with van der Waals surface area (Å²) in [6, 6.07) is 41.1. The van der Waals surface area contributed by atoms with Gasteiger partial charge in [0.25, 0.3) is 0 Å². The number of aromatic nitrogens is 7. The first kappa shape index (κ1) is 24.4. The summed E-state index contributed by atoms with van der Waals surface area (Å²) in [5.41, 5.74) is 11.8. The Morgan fingerprint density at radius 1 is 0.364 bits per heavy atom. The van der Waals surface area contributed by atoms with Gasteiger partial charge in [0, 0.05) is 29.7 Å². The SMILES string of the molecule is c1ccc(-n2c3ccccc3c3nc4c5ncccc5n(-c5cc(-c6ccccn6)nc(-c6ccccn6)c5)c4cc32)cc1. The Bertz CT molecular complexity index is 2420. The first-order valence-electron chi connectivity index (χ1n) is 14.4. The molecule has 7 heteroatoms. The highest BCUT2D eigenvalue weighted by Crippen LogP contribution is 2.37. The van der Waals surface area contributed by atoms with Crippen molar-refractivity contribution in [3.63, 3.8) is 0 Å². The zero-order valence-corrected chi connectivity index (χ0v) is 23.4. The van der Waals surface area contributed by atoms with Gasteiger partial charge in [0.2, 0.25) is 0 Å². The fourth-order valence-electron chi connectivity index (χ4n) is 6.16. The van der Waals surface area contributed by atoms with Gasteiger partial charge in [-0.2, -0.15) is 0 Å². The third kappa shape index (κ3) is 3.73. The Balaban J connectivity index is 1.41. The minimum atomic E-state index is 0.759. The topological polar surface area (TPSA) is 74.3 Å². The molecule has 0 fully saturated rings. The molecule has 44 heavy (non-hydrogen) atoms. The second-order valence-corrected chi connectivity index (χ2v) is 10.6. The van der Waals surface area contributed by atoms with Crippen molar-refractivity contribution >= 4 is 44.0 Å². The molecule has 0 N–H and O–H groups in total. The molecular formula is C37H23N7. The van der Waals surface area contributed by atoms with Crippen molar-refractivity contribution in [1.29, 1.82) is 0 Å². The van der Waals surface area contributed by atoms with Crippen LogP contribution in [0.5, 0.6) is 0 Å². The molecule has 0 amide bonds. The predicted molar refractivity (Wildman–Crippen MR) is 175 cm³/mol. The minimum absolute atomic E-state index is 0.759. The van der Waals surface area contributed by atoms with Crippen LogP contribution in [0.2, 0.25) is 0 Å². The highest BCUT2D eigenvalue weighted by molar-refractivity contribution is 6.14. The zero-order valence-electron chi connectivity index (χ0n) is 23.4. The molecule has 9 aromatic rings. The number of hydrogen-bond acceptors (Lipinski definition) is 5. The second kappa shape index (κ2) is 9.68. The van der Waals surface area contributed by atoms with Crippen molar-refractivity contribution in [1.82, 2.24) is 34.1 Å². The fourth-order valence-corrected chi connectivity index (χ4v) is 6.16. The largest absolute Gasteiger partial charge is 0.308 e. The van der Waals surface area contributed by atoms with E-state index >= 15 is 0 Å². The lowest BCUT2D eigenvalue weighted by atomic mass is 10.1. The van der Waals surface area contributed by atoms with Gasteiger partial charge in [-0.05, 0) is 72.8 Å². The van der Waals surface area contributed by atoms with Gasteiger partial charge < -0.3 is 9.13 Å². The predicted octanol–water partition coefficient (Wildman–Crippen LogP) is 8.19. The van der Waals surface area contributed by atoms with Crippen LogP contribution in [-0.4, -0.2) is 34.1 Å². The third-order valence-electron chi connectivity index (χ3n) is 8.05. The van der Waals surface area contributed by atoms with Crippen molar-refractivity contribution < 1.29 is 0 Å². The average molecular weight is 566 g/mol. The van der Waals surface area contributed by atoms with Crippen molar-refractivity contribution in [3.05, 3.63) is 140 Å². The number of fused-ring (bicyclic) bond motifs is 6. The van der Waals surface area contributed by atoms with Gasteiger partial charge in [0.1, 0.15) is 11.0 Å². The van der Waals surface area contributed by atoms with E-state index in [1.807, 2.05) is 54.7 Å². The Labute approximate surface area is 251 Å². The Hall–Kier alpha value is -6.21. The van der Waals surface area contributed by atoms with E-state index in [4.69, 9.17) is 15.0 Å². The minimum Gasteiger partial charge on any atom is -0.308 e. The lowest BCUT2D eigenvalue weighted by Crippen LogP contribution is -2.00. The standard InChI is InChI=1S/C37H23N7/c1-2-11-24(12-3-1)43-31-16-5-4-13-26(31)35-33(43)23-34-37(42-35)36-32(17-10-20-40-36)44(34)25-21-29(27-14-6-8-18-38-27)41-30(22-25)28-15-7-9-19-39-28/h1-23H. The van der Waals surface area contributed by atoms with Crippen LogP contribution in [0.15, 0.2) is 140 Å². The summed E-state index contributed by atoms with van der Waals surface area (Å²) in [5, 5.41) is 1.10. The number of benzene rings is 2. The van der Waals surface area contributed by atoms with Crippen LogP contribution in [0.3, 0.4) is 0 Å². The van der Waals surface area contributed by atoms with Gasteiger partial charge >= 0.3 is 0 Å². The molecule has 0 aliphatic rings. The quantitative estimate of drug-likeness (QED) is 0.215.